The zero-order chi connectivity index (χ0) is 11.5. The molecule has 0 saturated carbocycles. The molecule has 1 aliphatic heterocycles. The summed E-state index contributed by atoms with van der Waals surface area (Å²) in [6.07, 6.45) is 2.92. The normalized spacial score (nSPS) is 24.4. The van der Waals surface area contributed by atoms with Gasteiger partial charge in [0.1, 0.15) is 11.9 Å². The number of amides is 1. The van der Waals surface area contributed by atoms with Crippen molar-refractivity contribution < 1.29 is 13.9 Å². The molecule has 0 bridgehead atoms. The maximum Gasteiger partial charge on any atom is 0.253 e. The predicted octanol–water partition coefficient (Wildman–Crippen LogP) is 1.58. The van der Waals surface area contributed by atoms with Crippen LogP contribution in [-0.2, 0) is 9.53 Å². The average molecular weight is 224 g/mol. The van der Waals surface area contributed by atoms with Crippen LogP contribution in [0.4, 0.5) is 10.1 Å². The van der Waals surface area contributed by atoms with Crippen LogP contribution < -0.4 is 5.32 Å². The Morgan fingerprint density at radius 3 is 3.06 bits per heavy atom. The first kappa shape index (κ1) is 11.0. The third-order valence-corrected chi connectivity index (χ3v) is 2.62. The molecule has 1 fully saturated rings. The van der Waals surface area contributed by atoms with Gasteiger partial charge >= 0.3 is 0 Å². The van der Waals surface area contributed by atoms with E-state index in [2.05, 4.69) is 10.3 Å². The maximum atomic E-state index is 12.8. The number of nitrogens with zero attached hydrogens (tertiary/aromatic N) is 1. The molecule has 1 saturated heterocycles. The van der Waals surface area contributed by atoms with Crippen molar-refractivity contribution in [1.82, 2.24) is 4.98 Å². The lowest BCUT2D eigenvalue weighted by Crippen LogP contribution is -2.31. The number of pyridine rings is 1. The van der Waals surface area contributed by atoms with Gasteiger partial charge in [-0.2, -0.15) is 0 Å². The van der Waals surface area contributed by atoms with Gasteiger partial charge in [0, 0.05) is 12.7 Å². The van der Waals surface area contributed by atoms with E-state index in [9.17, 15) is 9.18 Å². The Balaban J connectivity index is 2.02. The van der Waals surface area contributed by atoms with Crippen LogP contribution in [-0.4, -0.2) is 23.6 Å². The number of carbonyl (C=O) groups is 1. The van der Waals surface area contributed by atoms with E-state index in [-0.39, 0.29) is 11.8 Å². The second kappa shape index (κ2) is 4.57. The van der Waals surface area contributed by atoms with Gasteiger partial charge in [-0.1, -0.05) is 6.92 Å². The molecule has 0 aliphatic carbocycles. The summed E-state index contributed by atoms with van der Waals surface area (Å²) in [5.41, 5.74) is 0.354. The van der Waals surface area contributed by atoms with Gasteiger partial charge in [-0.15, -0.1) is 0 Å². The first-order valence-electron chi connectivity index (χ1n) is 5.20. The van der Waals surface area contributed by atoms with Crippen molar-refractivity contribution in [2.75, 3.05) is 11.9 Å². The Hall–Kier alpha value is -1.49. The van der Waals surface area contributed by atoms with Gasteiger partial charge < -0.3 is 10.1 Å². The highest BCUT2D eigenvalue weighted by atomic mass is 19.1. The quantitative estimate of drug-likeness (QED) is 0.829. The van der Waals surface area contributed by atoms with Crippen molar-refractivity contribution in [2.24, 2.45) is 5.92 Å². The predicted molar refractivity (Wildman–Crippen MR) is 56.3 cm³/mol. The van der Waals surface area contributed by atoms with Crippen molar-refractivity contribution in [3.63, 3.8) is 0 Å². The van der Waals surface area contributed by atoms with Gasteiger partial charge in [0.05, 0.1) is 18.1 Å². The van der Waals surface area contributed by atoms with Crippen LogP contribution in [0.2, 0.25) is 0 Å². The lowest BCUT2D eigenvalue weighted by Gasteiger charge is -2.14. The van der Waals surface area contributed by atoms with E-state index in [4.69, 9.17) is 4.74 Å². The van der Waals surface area contributed by atoms with Crippen molar-refractivity contribution >= 4 is 11.6 Å². The Bertz CT molecular complexity index is 397. The van der Waals surface area contributed by atoms with E-state index in [0.717, 1.165) is 12.6 Å². The van der Waals surface area contributed by atoms with Crippen LogP contribution in [0.15, 0.2) is 18.5 Å². The van der Waals surface area contributed by atoms with Crippen LogP contribution >= 0.6 is 0 Å². The molecule has 0 radical (unpaired) electrons. The van der Waals surface area contributed by atoms with E-state index in [0.29, 0.717) is 12.3 Å². The van der Waals surface area contributed by atoms with Crippen LogP contribution in [0.5, 0.6) is 0 Å². The molecule has 86 valence electrons. The lowest BCUT2D eigenvalue weighted by atomic mass is 10.0. The second-order valence-corrected chi connectivity index (χ2v) is 3.94. The number of rotatable bonds is 2. The largest absolute Gasteiger partial charge is 0.368 e. The van der Waals surface area contributed by atoms with Gasteiger partial charge in [-0.25, -0.2) is 4.39 Å². The van der Waals surface area contributed by atoms with Gasteiger partial charge in [0.15, 0.2) is 0 Å². The van der Waals surface area contributed by atoms with E-state index in [1.165, 1.54) is 12.3 Å². The van der Waals surface area contributed by atoms with Gasteiger partial charge in [0.2, 0.25) is 0 Å². The van der Waals surface area contributed by atoms with Crippen molar-refractivity contribution in [3.05, 3.63) is 24.3 Å². The number of anilines is 1. The van der Waals surface area contributed by atoms with Crippen LogP contribution in [0.25, 0.3) is 0 Å². The number of hydrogen-bond donors (Lipinski definition) is 1. The molecular weight excluding hydrogens is 211 g/mol. The fourth-order valence-corrected chi connectivity index (χ4v) is 1.72. The number of hydrogen-bond acceptors (Lipinski definition) is 3. The molecular formula is C11H13FN2O2. The Labute approximate surface area is 92.8 Å². The molecule has 1 amide bonds. The summed E-state index contributed by atoms with van der Waals surface area (Å²) in [6.45, 7) is 2.56. The molecule has 0 spiro atoms. The molecule has 2 heterocycles. The third kappa shape index (κ3) is 2.36. The van der Waals surface area contributed by atoms with E-state index in [1.807, 2.05) is 6.92 Å². The highest BCUT2D eigenvalue weighted by Gasteiger charge is 2.30. The van der Waals surface area contributed by atoms with E-state index < -0.39 is 11.9 Å². The Kier molecular flexibility index (Phi) is 3.14. The minimum Gasteiger partial charge on any atom is -0.368 e. The average Bonchev–Trinajstić information content (AvgIpc) is 2.64. The van der Waals surface area contributed by atoms with Crippen molar-refractivity contribution in [2.45, 2.75) is 19.4 Å². The summed E-state index contributed by atoms with van der Waals surface area (Å²) in [5, 5.41) is 2.59. The molecule has 1 N–H and O–H groups in total. The summed E-state index contributed by atoms with van der Waals surface area (Å²) in [6, 6.07) is 1.23. The Morgan fingerprint density at radius 2 is 2.44 bits per heavy atom. The van der Waals surface area contributed by atoms with Crippen molar-refractivity contribution in [1.29, 1.82) is 0 Å². The molecule has 0 aromatic carbocycles. The number of carbonyl (C=O) groups excluding carboxylic acids is 1. The van der Waals surface area contributed by atoms with Gasteiger partial charge in [-0.05, 0) is 12.3 Å². The molecule has 5 heteroatoms. The van der Waals surface area contributed by atoms with Crippen LogP contribution in [0.3, 0.4) is 0 Å². The minimum absolute atomic E-state index is 0.196. The standard InChI is InChI=1S/C11H13FN2O2/c1-7-2-3-16-10(7)11(15)14-9-4-8(12)5-13-6-9/h4-7,10H,2-3H2,1H3,(H,14,15)/t7-,10+/m1/s1. The topological polar surface area (TPSA) is 51.2 Å². The first-order valence-corrected chi connectivity index (χ1v) is 5.20. The number of aromatic nitrogens is 1. The zero-order valence-corrected chi connectivity index (χ0v) is 8.94. The molecule has 1 aliphatic rings. The number of ether oxygens (including phenoxy) is 1. The third-order valence-electron chi connectivity index (χ3n) is 2.62. The molecule has 2 rings (SSSR count). The molecule has 1 aromatic heterocycles. The second-order valence-electron chi connectivity index (χ2n) is 3.94. The highest BCUT2D eigenvalue weighted by molar-refractivity contribution is 5.94. The molecule has 1 aromatic rings. The molecule has 2 atom stereocenters. The van der Waals surface area contributed by atoms with Crippen molar-refractivity contribution in [3.8, 4) is 0 Å². The summed E-state index contributed by atoms with van der Waals surface area (Å²) < 4.78 is 18.1. The first-order chi connectivity index (χ1) is 7.66. The van der Waals surface area contributed by atoms with Gasteiger partial charge in [-0.3, -0.25) is 9.78 Å². The van der Waals surface area contributed by atoms with Gasteiger partial charge in [0.25, 0.3) is 5.91 Å². The van der Waals surface area contributed by atoms with E-state index >= 15 is 0 Å². The summed E-state index contributed by atoms with van der Waals surface area (Å²) in [4.78, 5) is 15.4. The highest BCUT2D eigenvalue weighted by Crippen LogP contribution is 2.21. The minimum atomic E-state index is -0.474. The maximum absolute atomic E-state index is 12.8. The molecule has 0 unspecified atom stereocenters. The fraction of sp³-hybridized carbons (Fsp3) is 0.455. The Morgan fingerprint density at radius 1 is 1.62 bits per heavy atom. The lowest BCUT2D eigenvalue weighted by molar-refractivity contribution is -0.126. The summed E-state index contributed by atoms with van der Waals surface area (Å²) in [7, 11) is 0. The fourth-order valence-electron chi connectivity index (χ4n) is 1.72. The molecule has 16 heavy (non-hydrogen) atoms. The van der Waals surface area contributed by atoms with Crippen LogP contribution in [0.1, 0.15) is 13.3 Å². The number of nitrogens with one attached hydrogen (secondary N) is 1. The summed E-state index contributed by atoms with van der Waals surface area (Å²) in [5.74, 6) is -0.517. The smallest absolute Gasteiger partial charge is 0.253 e. The monoisotopic (exact) mass is 224 g/mol. The van der Waals surface area contributed by atoms with E-state index in [1.54, 1.807) is 0 Å². The SMILES string of the molecule is C[C@@H]1CCO[C@@H]1C(=O)Nc1cncc(F)c1. The number of halogens is 1. The van der Waals surface area contributed by atoms with Crippen LogP contribution in [0, 0.1) is 11.7 Å². The summed E-state index contributed by atoms with van der Waals surface area (Å²) >= 11 is 0. The molecule has 4 nitrogen and oxygen atoms in total. The zero-order valence-electron chi connectivity index (χ0n) is 8.94.